The number of hydrogen-bond acceptors (Lipinski definition) is 3. The van der Waals surface area contributed by atoms with Crippen molar-refractivity contribution in [2.24, 2.45) is 0 Å². The smallest absolute Gasteiger partial charge is 0.272 e. The third-order valence-corrected chi connectivity index (χ3v) is 4.68. The van der Waals surface area contributed by atoms with E-state index in [2.05, 4.69) is 5.10 Å². The van der Waals surface area contributed by atoms with Crippen molar-refractivity contribution in [3.63, 3.8) is 0 Å². The van der Waals surface area contributed by atoms with Gasteiger partial charge in [0.1, 0.15) is 29.6 Å². The molecule has 27 heavy (non-hydrogen) atoms. The van der Waals surface area contributed by atoms with Gasteiger partial charge in [0.2, 0.25) is 0 Å². The number of halogens is 1. The van der Waals surface area contributed by atoms with Crippen LogP contribution in [-0.2, 0) is 19.7 Å². The zero-order valence-corrected chi connectivity index (χ0v) is 15.0. The molecule has 3 aromatic rings. The van der Waals surface area contributed by atoms with Crippen LogP contribution in [0.2, 0.25) is 0 Å². The van der Waals surface area contributed by atoms with Crippen LogP contribution in [0.15, 0.2) is 60.7 Å². The Morgan fingerprint density at radius 1 is 1.15 bits per heavy atom. The summed E-state index contributed by atoms with van der Waals surface area (Å²) in [7, 11) is 0. The van der Waals surface area contributed by atoms with Gasteiger partial charge in [0.25, 0.3) is 5.91 Å². The van der Waals surface area contributed by atoms with Crippen LogP contribution in [0.1, 0.15) is 28.7 Å². The summed E-state index contributed by atoms with van der Waals surface area (Å²) >= 11 is 0. The first-order valence-electron chi connectivity index (χ1n) is 8.90. The average Bonchev–Trinajstić information content (AvgIpc) is 3.08. The van der Waals surface area contributed by atoms with Gasteiger partial charge in [-0.1, -0.05) is 30.3 Å². The molecule has 0 bridgehead atoms. The van der Waals surface area contributed by atoms with Crippen molar-refractivity contribution < 1.29 is 13.9 Å². The lowest BCUT2D eigenvalue weighted by Gasteiger charge is -2.33. The Morgan fingerprint density at radius 2 is 1.89 bits per heavy atom. The fourth-order valence-corrected chi connectivity index (χ4v) is 3.24. The van der Waals surface area contributed by atoms with E-state index in [1.807, 2.05) is 42.2 Å². The number of aromatic nitrogens is 2. The van der Waals surface area contributed by atoms with Crippen molar-refractivity contribution in [3.05, 3.63) is 83.4 Å². The first-order valence-corrected chi connectivity index (χ1v) is 8.90. The van der Waals surface area contributed by atoms with Crippen LogP contribution >= 0.6 is 0 Å². The Morgan fingerprint density at radius 3 is 2.63 bits per heavy atom. The summed E-state index contributed by atoms with van der Waals surface area (Å²) in [4.78, 5) is 14.8. The molecular formula is C21H20FN3O2. The van der Waals surface area contributed by atoms with Crippen molar-refractivity contribution in [1.29, 1.82) is 0 Å². The molecule has 0 saturated heterocycles. The van der Waals surface area contributed by atoms with Gasteiger partial charge in [-0.3, -0.25) is 9.48 Å². The maximum atomic E-state index is 13.0. The highest BCUT2D eigenvalue weighted by atomic mass is 19.1. The summed E-state index contributed by atoms with van der Waals surface area (Å²) in [6.45, 7) is 3.48. The van der Waals surface area contributed by atoms with Crippen LogP contribution in [-0.4, -0.2) is 26.6 Å². The second-order valence-electron chi connectivity index (χ2n) is 6.71. The SMILES string of the molecule is CC1Cn2nc(COc3ccc(F)cc3)cc2C(=O)N1Cc1ccccc1. The number of amides is 1. The number of nitrogens with zero attached hydrogens (tertiary/aromatic N) is 3. The molecule has 0 aliphatic carbocycles. The number of carbonyl (C=O) groups is 1. The highest BCUT2D eigenvalue weighted by Crippen LogP contribution is 2.21. The monoisotopic (exact) mass is 365 g/mol. The lowest BCUT2D eigenvalue weighted by Crippen LogP contribution is -2.46. The molecule has 2 heterocycles. The van der Waals surface area contributed by atoms with E-state index in [0.717, 1.165) is 5.56 Å². The zero-order valence-electron chi connectivity index (χ0n) is 15.0. The number of hydrogen-bond donors (Lipinski definition) is 0. The summed E-state index contributed by atoms with van der Waals surface area (Å²) in [5.74, 6) is 0.226. The first kappa shape index (κ1) is 17.3. The minimum atomic E-state index is -0.308. The van der Waals surface area contributed by atoms with E-state index < -0.39 is 0 Å². The predicted molar refractivity (Wildman–Crippen MR) is 98.7 cm³/mol. The fraction of sp³-hybridized carbons (Fsp3) is 0.238. The quantitative estimate of drug-likeness (QED) is 0.693. The highest BCUT2D eigenvalue weighted by molar-refractivity contribution is 5.93. The van der Waals surface area contributed by atoms with Gasteiger partial charge in [-0.05, 0) is 42.8 Å². The van der Waals surface area contributed by atoms with Gasteiger partial charge in [-0.2, -0.15) is 5.10 Å². The van der Waals surface area contributed by atoms with E-state index in [1.165, 1.54) is 12.1 Å². The van der Waals surface area contributed by atoms with Gasteiger partial charge in [0.15, 0.2) is 0 Å². The fourth-order valence-electron chi connectivity index (χ4n) is 3.24. The van der Waals surface area contributed by atoms with E-state index >= 15 is 0 Å². The standard InChI is InChI=1S/C21H20FN3O2/c1-15-12-25-20(21(26)24(15)13-16-5-3-2-4-6-16)11-18(23-25)14-27-19-9-7-17(22)8-10-19/h2-11,15H,12-14H2,1H3. The predicted octanol–water partition coefficient (Wildman–Crippen LogP) is 3.65. The average molecular weight is 365 g/mol. The van der Waals surface area contributed by atoms with Crippen LogP contribution in [0.5, 0.6) is 5.75 Å². The molecule has 1 amide bonds. The van der Waals surface area contributed by atoms with E-state index in [0.29, 0.717) is 30.2 Å². The molecule has 5 nitrogen and oxygen atoms in total. The molecule has 1 aliphatic heterocycles. The highest BCUT2D eigenvalue weighted by Gasteiger charge is 2.31. The normalized spacial score (nSPS) is 16.3. The van der Waals surface area contributed by atoms with E-state index in [1.54, 1.807) is 22.9 Å². The maximum Gasteiger partial charge on any atom is 0.272 e. The minimum absolute atomic E-state index is 0.0295. The third-order valence-electron chi connectivity index (χ3n) is 4.68. The lowest BCUT2D eigenvalue weighted by molar-refractivity contribution is 0.0584. The Kier molecular flexibility index (Phi) is 4.62. The topological polar surface area (TPSA) is 47.4 Å². The number of benzene rings is 2. The summed E-state index contributed by atoms with van der Waals surface area (Å²) in [6, 6.07) is 17.6. The van der Waals surface area contributed by atoms with Crippen molar-refractivity contribution >= 4 is 5.91 Å². The number of carbonyl (C=O) groups excluding carboxylic acids is 1. The largest absolute Gasteiger partial charge is 0.487 e. The van der Waals surface area contributed by atoms with Crippen molar-refractivity contribution in [2.45, 2.75) is 32.7 Å². The van der Waals surface area contributed by atoms with E-state index in [4.69, 9.17) is 4.74 Å². The number of rotatable bonds is 5. The Hall–Kier alpha value is -3.15. The molecule has 1 unspecified atom stereocenters. The van der Waals surface area contributed by atoms with Crippen LogP contribution in [0.25, 0.3) is 0 Å². The Labute approximate surface area is 157 Å². The maximum absolute atomic E-state index is 13.0. The van der Waals surface area contributed by atoms with Crippen molar-refractivity contribution in [2.75, 3.05) is 0 Å². The van der Waals surface area contributed by atoms with E-state index in [-0.39, 0.29) is 24.4 Å². The van der Waals surface area contributed by atoms with Gasteiger partial charge in [-0.15, -0.1) is 0 Å². The lowest BCUT2D eigenvalue weighted by atomic mass is 10.1. The molecule has 6 heteroatoms. The molecular weight excluding hydrogens is 345 g/mol. The molecule has 1 aromatic heterocycles. The molecule has 0 saturated carbocycles. The third kappa shape index (κ3) is 3.69. The van der Waals surface area contributed by atoms with Crippen molar-refractivity contribution in [3.8, 4) is 5.75 Å². The Bertz CT molecular complexity index is 938. The van der Waals surface area contributed by atoms with E-state index in [9.17, 15) is 9.18 Å². The molecule has 1 atom stereocenters. The molecule has 4 rings (SSSR count). The second-order valence-corrected chi connectivity index (χ2v) is 6.71. The Balaban J connectivity index is 1.48. The van der Waals surface area contributed by atoms with Gasteiger partial charge in [0.05, 0.1) is 6.54 Å². The first-order chi connectivity index (χ1) is 13.1. The second kappa shape index (κ2) is 7.23. The molecule has 0 spiro atoms. The van der Waals surface area contributed by atoms with Crippen LogP contribution < -0.4 is 4.74 Å². The zero-order chi connectivity index (χ0) is 18.8. The number of ether oxygens (including phenoxy) is 1. The minimum Gasteiger partial charge on any atom is -0.487 e. The van der Waals surface area contributed by atoms with Gasteiger partial charge in [0, 0.05) is 12.6 Å². The molecule has 0 radical (unpaired) electrons. The van der Waals surface area contributed by atoms with Gasteiger partial charge < -0.3 is 9.64 Å². The van der Waals surface area contributed by atoms with Crippen LogP contribution in [0, 0.1) is 5.82 Å². The molecule has 2 aromatic carbocycles. The summed E-state index contributed by atoms with van der Waals surface area (Å²) in [5, 5.41) is 4.50. The summed E-state index contributed by atoms with van der Waals surface area (Å²) < 4.78 is 20.4. The molecule has 1 aliphatic rings. The van der Waals surface area contributed by atoms with Crippen LogP contribution in [0.3, 0.4) is 0 Å². The van der Waals surface area contributed by atoms with Crippen LogP contribution in [0.4, 0.5) is 4.39 Å². The summed E-state index contributed by atoms with van der Waals surface area (Å²) in [5.41, 5.74) is 2.35. The van der Waals surface area contributed by atoms with Gasteiger partial charge >= 0.3 is 0 Å². The molecule has 0 fully saturated rings. The van der Waals surface area contributed by atoms with Gasteiger partial charge in [-0.25, -0.2) is 4.39 Å². The summed E-state index contributed by atoms with van der Waals surface area (Å²) in [6.07, 6.45) is 0. The molecule has 138 valence electrons. The van der Waals surface area contributed by atoms with Crippen molar-refractivity contribution in [1.82, 2.24) is 14.7 Å². The number of fused-ring (bicyclic) bond motifs is 1. The molecule has 0 N–H and O–H groups in total.